The van der Waals surface area contributed by atoms with Gasteiger partial charge in [-0.1, -0.05) is 24.3 Å². The van der Waals surface area contributed by atoms with Gasteiger partial charge in [-0.15, -0.1) is 0 Å². The van der Waals surface area contributed by atoms with E-state index in [1.165, 1.54) is 56.6 Å². The molecule has 14 nitrogen and oxygen atoms in total. The lowest BCUT2D eigenvalue weighted by Crippen LogP contribution is -2.86. The normalized spacial score (nSPS) is 30.5. The summed E-state index contributed by atoms with van der Waals surface area (Å²) < 4.78 is 0. The Morgan fingerprint density at radius 1 is 1.02 bits per heavy atom. The van der Waals surface area contributed by atoms with E-state index in [2.05, 4.69) is 0 Å². The highest BCUT2D eigenvalue weighted by Crippen LogP contribution is 2.61. The summed E-state index contributed by atoms with van der Waals surface area (Å²) in [5.41, 5.74) is 14.3. The summed E-state index contributed by atoms with van der Waals surface area (Å²) in [6.45, 7) is 0. The van der Waals surface area contributed by atoms with Crippen molar-refractivity contribution in [3.8, 4) is 11.8 Å². The summed E-state index contributed by atoms with van der Waals surface area (Å²) in [5, 5.41) is 56.6. The summed E-state index contributed by atoms with van der Waals surface area (Å²) in [7, 11) is 2.65. The highest BCUT2D eigenvalue weighted by molar-refractivity contribution is 6.27. The van der Waals surface area contributed by atoms with E-state index in [-0.39, 0.29) is 27.8 Å². The van der Waals surface area contributed by atoms with Crippen molar-refractivity contribution in [2.45, 2.75) is 23.2 Å². The van der Waals surface area contributed by atoms with Crippen molar-refractivity contribution >= 4 is 40.8 Å². The number of amides is 2. The van der Waals surface area contributed by atoms with E-state index in [1.54, 1.807) is 12.1 Å². The van der Waals surface area contributed by atoms with Crippen LogP contribution < -0.4 is 22.9 Å². The van der Waals surface area contributed by atoms with Crippen LogP contribution in [-0.2, 0) is 14.4 Å². The molecule has 5 atom stereocenters. The van der Waals surface area contributed by atoms with E-state index in [0.717, 1.165) is 4.90 Å². The molecule has 12 N–H and O–H groups in total. The van der Waals surface area contributed by atoms with Gasteiger partial charge in [-0.3, -0.25) is 24.1 Å². The Bertz CT molecular complexity index is 1860. The minimum absolute atomic E-state index is 0.0271. The van der Waals surface area contributed by atoms with Crippen LogP contribution in [0.4, 0.5) is 0 Å². The second-order valence-corrected chi connectivity index (χ2v) is 11.2. The highest BCUT2D eigenvalue weighted by Gasteiger charge is 2.79. The van der Waals surface area contributed by atoms with Crippen LogP contribution in [0.2, 0.25) is 0 Å². The van der Waals surface area contributed by atoms with E-state index in [9.17, 15) is 44.9 Å². The maximum Gasteiger partial charge on any atom is 0.255 e. The zero-order valence-corrected chi connectivity index (χ0v) is 23.4. The predicted octanol–water partition coefficient (Wildman–Crippen LogP) is -1.03. The molecular weight excluding hydrogens is 572 g/mol. The molecule has 0 bridgehead atoms. The summed E-state index contributed by atoms with van der Waals surface area (Å²) in [5.74, 6) is -7.75. The van der Waals surface area contributed by atoms with Crippen molar-refractivity contribution in [1.82, 2.24) is 4.90 Å². The molecule has 0 heterocycles. The lowest BCUT2D eigenvalue weighted by atomic mass is 9.45. The fraction of sp³-hybridized carbons (Fsp3) is 0.233. The number of nitrogens with two attached hydrogens (primary N) is 4. The van der Waals surface area contributed by atoms with Crippen molar-refractivity contribution in [2.24, 2.45) is 28.3 Å². The van der Waals surface area contributed by atoms with Crippen molar-refractivity contribution < 1.29 is 39.6 Å². The Kier molecular flexibility index (Phi) is 6.57. The molecule has 2 aromatic rings. The van der Waals surface area contributed by atoms with Gasteiger partial charge in [-0.25, -0.2) is 0 Å². The van der Waals surface area contributed by atoms with Crippen LogP contribution in [0.1, 0.15) is 27.0 Å². The first kappa shape index (κ1) is 30.1. The van der Waals surface area contributed by atoms with Crippen LogP contribution in [0.3, 0.4) is 0 Å². The number of carbonyl (C=O) groups is 4. The maximum atomic E-state index is 14.7. The number of hydrogen-bond donors (Lipinski definition) is 8. The Morgan fingerprint density at radius 3 is 2.23 bits per heavy atom. The van der Waals surface area contributed by atoms with Gasteiger partial charge in [0.15, 0.2) is 17.0 Å². The van der Waals surface area contributed by atoms with Gasteiger partial charge < -0.3 is 43.4 Å². The second kappa shape index (κ2) is 9.59. The third kappa shape index (κ3) is 3.43. The fourth-order valence-electron chi connectivity index (χ4n) is 6.81. The molecule has 3 aliphatic rings. The average Bonchev–Trinajstić information content (AvgIpc) is 2.94. The fourth-order valence-corrected chi connectivity index (χ4v) is 6.81. The molecule has 2 amide bonds. The van der Waals surface area contributed by atoms with Gasteiger partial charge in [-0.05, 0) is 55.1 Å². The third-order valence-electron chi connectivity index (χ3n) is 8.72. The minimum atomic E-state index is -3.08. The first-order valence-corrected chi connectivity index (χ1v) is 13.1. The average molecular weight is 601 g/mol. The van der Waals surface area contributed by atoms with Crippen LogP contribution >= 0.6 is 0 Å². The van der Waals surface area contributed by atoms with Crippen LogP contribution in [0.15, 0.2) is 59.4 Å². The third-order valence-corrected chi connectivity index (χ3v) is 8.72. The van der Waals surface area contributed by atoms with E-state index in [4.69, 9.17) is 22.9 Å². The van der Waals surface area contributed by atoms with Crippen LogP contribution in [0, 0.1) is 16.7 Å². The number of fused-ring (bicyclic) bond motifs is 3. The summed E-state index contributed by atoms with van der Waals surface area (Å²) >= 11 is 0. The summed E-state index contributed by atoms with van der Waals surface area (Å²) in [6, 6.07) is 9.66. The van der Waals surface area contributed by atoms with Crippen molar-refractivity contribution in [3.05, 3.63) is 81.6 Å². The molecule has 44 heavy (non-hydrogen) atoms. The number of ketones is 2. The Morgan fingerprint density at radius 2 is 1.66 bits per heavy atom. The Labute approximate surface area is 249 Å². The number of aliphatic hydroxyl groups excluding tert-OH is 3. The molecule has 5 rings (SSSR count). The molecule has 226 valence electrons. The van der Waals surface area contributed by atoms with Gasteiger partial charge in [0.1, 0.15) is 40.0 Å². The number of hydrogen-bond acceptors (Lipinski definition) is 12. The first-order valence-electron chi connectivity index (χ1n) is 13.1. The predicted molar refractivity (Wildman–Crippen MR) is 155 cm³/mol. The van der Waals surface area contributed by atoms with Gasteiger partial charge in [0.2, 0.25) is 5.91 Å². The van der Waals surface area contributed by atoms with Crippen molar-refractivity contribution in [3.63, 3.8) is 0 Å². The number of nitriles is 1. The number of aromatic hydroxyl groups is 1. The van der Waals surface area contributed by atoms with E-state index in [0.29, 0.717) is 0 Å². The number of likely N-dealkylation sites (N-methyl/N-ethyl adjacent to an activating group) is 1. The number of carbonyl (C=O) groups excluding carboxylic acids is 4. The van der Waals surface area contributed by atoms with Crippen molar-refractivity contribution in [2.75, 3.05) is 14.1 Å². The molecule has 1 saturated carbocycles. The van der Waals surface area contributed by atoms with Crippen LogP contribution in [0.5, 0.6) is 5.75 Å². The standard InChI is InChI=1S/C30H28N6O8/c1-36(2)22-21(39)18(26(33)43)23(40)28(11-31)24(41)19-20(38)17-14(7-4-8-16(17)37)15(29(19,34)27(44)30(22,28)35)10-12-5-3-6-13(9-12)25(32)42/h3-10,22,27,37-38,40,44H,34-35H2,1-2H3,(H2,32,42)(H2,33,43)/b15-10+/t22-,27+,28+,29+,30+/m1/s1. The largest absolute Gasteiger partial charge is 0.509 e. The molecular formula is C30H28N6O8. The second-order valence-electron chi connectivity index (χ2n) is 11.2. The molecule has 3 aliphatic carbocycles. The van der Waals surface area contributed by atoms with Crippen LogP contribution in [0.25, 0.3) is 17.4 Å². The molecule has 0 spiro atoms. The van der Waals surface area contributed by atoms with Crippen LogP contribution in [-0.4, -0.2) is 86.0 Å². The van der Waals surface area contributed by atoms with Crippen molar-refractivity contribution in [1.29, 1.82) is 5.26 Å². The molecule has 0 aromatic heterocycles. The van der Waals surface area contributed by atoms with Gasteiger partial charge in [0.05, 0.1) is 23.2 Å². The minimum Gasteiger partial charge on any atom is -0.509 e. The van der Waals surface area contributed by atoms with E-state index in [1.807, 2.05) is 0 Å². The zero-order valence-electron chi connectivity index (χ0n) is 23.4. The Balaban J connectivity index is 1.98. The number of Topliss-reactive ketones (excluding diaryl/α,β-unsaturated/α-hetero) is 2. The van der Waals surface area contributed by atoms with E-state index < -0.39 is 80.4 Å². The molecule has 14 heteroatoms. The topological polar surface area (TPSA) is 280 Å². The lowest BCUT2D eigenvalue weighted by molar-refractivity contribution is -0.149. The number of rotatable bonds is 4. The number of phenols is 1. The van der Waals surface area contributed by atoms with Gasteiger partial charge >= 0.3 is 0 Å². The maximum absolute atomic E-state index is 14.7. The number of aliphatic hydroxyl groups is 3. The zero-order chi connectivity index (χ0) is 32.7. The monoisotopic (exact) mass is 600 g/mol. The summed E-state index contributed by atoms with van der Waals surface area (Å²) in [6.07, 6.45) is -0.977. The van der Waals surface area contributed by atoms with Gasteiger partial charge in [0.25, 0.3) is 5.91 Å². The molecule has 1 fully saturated rings. The smallest absolute Gasteiger partial charge is 0.255 e. The molecule has 0 aliphatic heterocycles. The number of nitrogens with zero attached hydrogens (tertiary/aromatic N) is 2. The van der Waals surface area contributed by atoms with Gasteiger partial charge in [0, 0.05) is 5.56 Å². The molecule has 0 saturated heterocycles. The summed E-state index contributed by atoms with van der Waals surface area (Å²) in [4.78, 5) is 53.8. The lowest BCUT2D eigenvalue weighted by Gasteiger charge is -2.61. The van der Waals surface area contributed by atoms with E-state index >= 15 is 0 Å². The molecule has 0 unspecified atom stereocenters. The quantitative estimate of drug-likeness (QED) is 0.196. The Hall–Kier alpha value is -5.33. The number of benzene rings is 2. The molecule has 2 aromatic carbocycles. The number of primary amides is 2. The number of phenolic OH excluding ortho intramolecular Hbond substituents is 1. The molecule has 0 radical (unpaired) electrons. The first-order chi connectivity index (χ1) is 20.5. The van der Waals surface area contributed by atoms with Gasteiger partial charge in [-0.2, -0.15) is 5.26 Å². The SMILES string of the molecule is CN(C)[C@@H]1C(=O)C(C(N)=O)=C(O)[C@@]2(C#N)C(=O)C3=C(O)c4c(O)cccc4/C(=C\c4cccc(C(N)=O)c4)[C@@]3(N)[C@H](O)[C@@]12N. The highest BCUT2D eigenvalue weighted by atomic mass is 16.3.